The summed E-state index contributed by atoms with van der Waals surface area (Å²) in [6.07, 6.45) is 28.0. The summed E-state index contributed by atoms with van der Waals surface area (Å²) in [7, 11) is 0. The molecule has 26 heavy (non-hydrogen) atoms. The molecule has 0 radical (unpaired) electrons. The quantitative estimate of drug-likeness (QED) is 0.127. The van der Waals surface area contributed by atoms with Gasteiger partial charge in [0.05, 0.1) is 0 Å². The Morgan fingerprint density at radius 3 is 1.88 bits per heavy atom. The van der Waals surface area contributed by atoms with Crippen LogP contribution in [0.5, 0.6) is 0 Å². The van der Waals surface area contributed by atoms with Crippen molar-refractivity contribution in [3.63, 3.8) is 0 Å². The van der Waals surface area contributed by atoms with E-state index in [2.05, 4.69) is 44.3 Å². The molecule has 0 bridgehead atoms. The van der Waals surface area contributed by atoms with Crippen molar-refractivity contribution in [3.8, 4) is 0 Å². The molecule has 150 valence electrons. The second-order valence-electron chi connectivity index (χ2n) is 7.59. The van der Waals surface area contributed by atoms with E-state index in [0.29, 0.717) is 5.92 Å². The minimum absolute atomic E-state index is 0.000185. The fourth-order valence-corrected chi connectivity index (χ4v) is 2.65. The zero-order chi connectivity index (χ0) is 19.3. The lowest BCUT2D eigenvalue weighted by molar-refractivity contribution is -0.116. The Kier molecular flexibility index (Phi) is 19.0. The summed E-state index contributed by atoms with van der Waals surface area (Å²) < 4.78 is 0. The van der Waals surface area contributed by atoms with E-state index in [-0.39, 0.29) is 5.91 Å². The smallest absolute Gasteiger partial charge is 0.243 e. The van der Waals surface area contributed by atoms with Gasteiger partial charge in [-0.2, -0.15) is 0 Å². The molecular weight excluding hydrogens is 318 g/mol. The van der Waals surface area contributed by atoms with Crippen LogP contribution in [0.1, 0.15) is 97.8 Å². The maximum Gasteiger partial charge on any atom is 0.243 e. The average molecular weight is 362 g/mol. The summed E-state index contributed by atoms with van der Waals surface area (Å²) in [5.74, 6) is 0.495. The molecule has 2 heteroatoms. The summed E-state index contributed by atoms with van der Waals surface area (Å²) >= 11 is 0. The molecule has 1 amide bonds. The molecule has 0 atom stereocenters. The third-order valence-electron chi connectivity index (χ3n) is 4.31. The van der Waals surface area contributed by atoms with Crippen LogP contribution in [-0.2, 0) is 4.79 Å². The van der Waals surface area contributed by atoms with Gasteiger partial charge in [-0.25, -0.2) is 0 Å². The van der Waals surface area contributed by atoms with Crippen molar-refractivity contribution in [2.45, 2.75) is 97.8 Å². The number of carbonyl (C=O) groups is 1. The van der Waals surface area contributed by atoms with Crippen molar-refractivity contribution in [1.82, 2.24) is 5.32 Å². The first-order valence-electron chi connectivity index (χ1n) is 10.9. The van der Waals surface area contributed by atoms with Gasteiger partial charge in [-0.3, -0.25) is 4.79 Å². The molecular formula is C24H43NO. The summed E-state index contributed by atoms with van der Waals surface area (Å²) in [6, 6.07) is 0. The molecule has 0 aliphatic rings. The van der Waals surface area contributed by atoms with Crippen molar-refractivity contribution >= 4 is 5.91 Å². The van der Waals surface area contributed by atoms with E-state index in [9.17, 15) is 4.79 Å². The number of rotatable bonds is 17. The molecule has 0 saturated carbocycles. The van der Waals surface area contributed by atoms with Crippen LogP contribution in [0.15, 0.2) is 36.5 Å². The number of amides is 1. The minimum Gasteiger partial charge on any atom is -0.352 e. The fraction of sp³-hybridized carbons (Fsp3) is 0.708. The first kappa shape index (κ1) is 24.7. The van der Waals surface area contributed by atoms with E-state index in [0.717, 1.165) is 13.0 Å². The lowest BCUT2D eigenvalue weighted by Crippen LogP contribution is -2.25. The van der Waals surface area contributed by atoms with Crippen LogP contribution in [0, 0.1) is 5.92 Å². The molecule has 0 spiro atoms. The second kappa shape index (κ2) is 20.0. The number of hydrogen-bond acceptors (Lipinski definition) is 1. The topological polar surface area (TPSA) is 29.1 Å². The Bertz CT molecular complexity index is 393. The van der Waals surface area contributed by atoms with Crippen molar-refractivity contribution < 1.29 is 4.79 Å². The molecule has 0 rings (SSSR count). The third kappa shape index (κ3) is 20.7. The molecule has 0 aromatic heterocycles. The fourth-order valence-electron chi connectivity index (χ4n) is 2.65. The highest BCUT2D eigenvalue weighted by molar-refractivity contribution is 5.87. The van der Waals surface area contributed by atoms with E-state index in [4.69, 9.17) is 0 Å². The molecule has 1 N–H and O–H groups in total. The van der Waals surface area contributed by atoms with Crippen molar-refractivity contribution in [2.24, 2.45) is 5.92 Å². The monoisotopic (exact) mass is 361 g/mol. The number of nitrogens with one attached hydrogen (secondary N) is 1. The highest BCUT2D eigenvalue weighted by atomic mass is 16.1. The lowest BCUT2D eigenvalue weighted by Gasteiger charge is -2.03. The lowest BCUT2D eigenvalue weighted by atomic mass is 10.1. The summed E-state index contributed by atoms with van der Waals surface area (Å²) in [5, 5.41) is 2.87. The van der Waals surface area contributed by atoms with Gasteiger partial charge in [-0.15, -0.1) is 0 Å². The van der Waals surface area contributed by atoms with Gasteiger partial charge >= 0.3 is 0 Å². The number of carbonyl (C=O) groups excluding carboxylic acids is 1. The average Bonchev–Trinajstić information content (AvgIpc) is 2.62. The Balaban J connectivity index is 3.32. The Morgan fingerprint density at radius 1 is 0.769 bits per heavy atom. The van der Waals surface area contributed by atoms with E-state index >= 15 is 0 Å². The van der Waals surface area contributed by atoms with Crippen LogP contribution < -0.4 is 5.32 Å². The first-order valence-corrected chi connectivity index (χ1v) is 10.9. The van der Waals surface area contributed by atoms with Gasteiger partial charge in [0.1, 0.15) is 0 Å². The zero-order valence-electron chi connectivity index (χ0n) is 17.6. The predicted octanol–water partition coefficient (Wildman–Crippen LogP) is 7.13. The van der Waals surface area contributed by atoms with Gasteiger partial charge in [0.15, 0.2) is 0 Å². The highest BCUT2D eigenvalue weighted by Crippen LogP contribution is 2.10. The molecule has 0 fully saturated rings. The summed E-state index contributed by atoms with van der Waals surface area (Å²) in [6.45, 7) is 7.17. The van der Waals surface area contributed by atoms with E-state index in [1.165, 1.54) is 70.6 Å². The maximum atomic E-state index is 11.5. The number of allylic oxidation sites excluding steroid dienone is 5. The molecule has 0 aliphatic carbocycles. The zero-order valence-corrected chi connectivity index (χ0v) is 17.6. The second-order valence-corrected chi connectivity index (χ2v) is 7.59. The van der Waals surface area contributed by atoms with Gasteiger partial charge < -0.3 is 5.32 Å². The van der Waals surface area contributed by atoms with Gasteiger partial charge in [-0.05, 0) is 38.0 Å². The van der Waals surface area contributed by atoms with E-state index < -0.39 is 0 Å². The maximum absolute atomic E-state index is 11.5. The van der Waals surface area contributed by atoms with E-state index in [1.807, 2.05) is 12.2 Å². The van der Waals surface area contributed by atoms with Crippen molar-refractivity contribution in [2.75, 3.05) is 6.54 Å². The van der Waals surface area contributed by atoms with Crippen LogP contribution in [0.2, 0.25) is 0 Å². The predicted molar refractivity (Wildman–Crippen MR) is 116 cm³/mol. The molecule has 2 nitrogen and oxygen atoms in total. The Labute approximate surface area is 163 Å². The van der Waals surface area contributed by atoms with Gasteiger partial charge in [0, 0.05) is 12.6 Å². The normalized spacial score (nSPS) is 12.2. The molecule has 0 aromatic rings. The van der Waals surface area contributed by atoms with Crippen molar-refractivity contribution in [1.29, 1.82) is 0 Å². The standard InChI is InChI=1S/C24H43NO/c1-4-5-6-7-8-9-10-11-12-13-14-15-16-17-18-19-20-21-24(26)25-22-23(2)3/h7-8,18-21,23H,4-6,9-17,22H2,1-3H3,(H,25,26). The summed E-state index contributed by atoms with van der Waals surface area (Å²) in [5.41, 5.74) is 0. The van der Waals surface area contributed by atoms with Gasteiger partial charge in [0.2, 0.25) is 5.91 Å². The largest absolute Gasteiger partial charge is 0.352 e. The molecule has 0 heterocycles. The first-order chi connectivity index (χ1) is 12.7. The van der Waals surface area contributed by atoms with Gasteiger partial charge in [-0.1, -0.05) is 96.1 Å². The summed E-state index contributed by atoms with van der Waals surface area (Å²) in [4.78, 5) is 11.5. The molecule has 0 aromatic carbocycles. The number of unbranched alkanes of at least 4 members (excludes halogenated alkanes) is 10. The van der Waals surface area contributed by atoms with E-state index in [1.54, 1.807) is 6.08 Å². The molecule has 0 unspecified atom stereocenters. The van der Waals surface area contributed by atoms with Crippen molar-refractivity contribution in [3.05, 3.63) is 36.5 Å². The van der Waals surface area contributed by atoms with Crippen LogP contribution in [-0.4, -0.2) is 12.5 Å². The number of hydrogen-bond donors (Lipinski definition) is 1. The SMILES string of the molecule is CCCCC=CCCCCCCCCCC=CC=CC(=O)NCC(C)C. The highest BCUT2D eigenvalue weighted by Gasteiger charge is 1.96. The third-order valence-corrected chi connectivity index (χ3v) is 4.31. The van der Waals surface area contributed by atoms with Crippen LogP contribution in [0.4, 0.5) is 0 Å². The minimum atomic E-state index is -0.000185. The Hall–Kier alpha value is -1.31. The molecule has 0 saturated heterocycles. The van der Waals surface area contributed by atoms with Crippen LogP contribution in [0.25, 0.3) is 0 Å². The Morgan fingerprint density at radius 2 is 1.31 bits per heavy atom. The van der Waals surface area contributed by atoms with Crippen LogP contribution in [0.3, 0.4) is 0 Å². The van der Waals surface area contributed by atoms with Crippen LogP contribution >= 0.6 is 0 Å². The molecule has 0 aliphatic heterocycles. The van der Waals surface area contributed by atoms with Gasteiger partial charge in [0.25, 0.3) is 0 Å².